The fourth-order valence-corrected chi connectivity index (χ4v) is 7.73. The van der Waals surface area contributed by atoms with Gasteiger partial charge in [0.15, 0.2) is 0 Å². The molecular formula is C31H41F3N4O6S. The summed E-state index contributed by atoms with van der Waals surface area (Å²) in [7, 11) is -3.77. The largest absolute Gasteiger partial charge is 0.394 e. The van der Waals surface area contributed by atoms with Crippen LogP contribution < -0.4 is 5.32 Å². The summed E-state index contributed by atoms with van der Waals surface area (Å²) < 4.78 is 73.1. The van der Waals surface area contributed by atoms with Gasteiger partial charge in [-0.25, -0.2) is 8.42 Å². The van der Waals surface area contributed by atoms with Crippen molar-refractivity contribution in [1.29, 1.82) is 0 Å². The summed E-state index contributed by atoms with van der Waals surface area (Å²) in [6.45, 7) is 0.815. The van der Waals surface area contributed by atoms with Crippen molar-refractivity contribution >= 4 is 38.7 Å². The van der Waals surface area contributed by atoms with Crippen molar-refractivity contribution < 1.29 is 41.3 Å². The van der Waals surface area contributed by atoms with Crippen LogP contribution in [0.5, 0.6) is 0 Å². The summed E-state index contributed by atoms with van der Waals surface area (Å²) >= 11 is 0. The smallest absolute Gasteiger partial charge is 0.389 e. The van der Waals surface area contributed by atoms with Gasteiger partial charge in [-0.2, -0.15) is 17.5 Å². The molecule has 248 valence electrons. The van der Waals surface area contributed by atoms with Gasteiger partial charge in [-0.3, -0.25) is 9.79 Å². The molecule has 45 heavy (non-hydrogen) atoms. The van der Waals surface area contributed by atoms with Gasteiger partial charge in [-0.05, 0) is 74.6 Å². The molecule has 3 heterocycles. The summed E-state index contributed by atoms with van der Waals surface area (Å²) in [4.78, 5) is 17.8. The van der Waals surface area contributed by atoms with Crippen molar-refractivity contribution in [2.24, 2.45) is 16.8 Å². The number of aromatic nitrogens is 1. The predicted molar refractivity (Wildman–Crippen MR) is 164 cm³/mol. The summed E-state index contributed by atoms with van der Waals surface area (Å²) in [5, 5.41) is 23.3. The molecule has 1 saturated carbocycles. The molecule has 0 bridgehead atoms. The topological polar surface area (TPSA) is 133 Å². The third-order valence-electron chi connectivity index (χ3n) is 9.24. The molecule has 1 atom stereocenters. The van der Waals surface area contributed by atoms with Gasteiger partial charge in [0.2, 0.25) is 10.0 Å². The zero-order valence-electron chi connectivity index (χ0n) is 25.1. The van der Waals surface area contributed by atoms with Crippen LogP contribution in [-0.2, 0) is 26.1 Å². The lowest BCUT2D eigenvalue weighted by atomic mass is 9.79. The number of alkyl halides is 3. The minimum atomic E-state index is -4.14. The summed E-state index contributed by atoms with van der Waals surface area (Å²) in [6, 6.07) is 7.50. The van der Waals surface area contributed by atoms with Crippen LogP contribution in [-0.4, -0.2) is 90.0 Å². The van der Waals surface area contributed by atoms with Crippen LogP contribution in [0, 0.1) is 11.8 Å². The van der Waals surface area contributed by atoms with Crippen molar-refractivity contribution in [2.45, 2.75) is 75.7 Å². The van der Waals surface area contributed by atoms with Crippen LogP contribution in [0.4, 0.5) is 13.2 Å². The number of piperidine rings is 1. The van der Waals surface area contributed by atoms with Gasteiger partial charge in [-0.15, -0.1) is 0 Å². The molecule has 3 N–H and O–H groups in total. The molecule has 0 radical (unpaired) electrons. The number of hydrogen-bond acceptors (Lipinski definition) is 7. The molecule has 1 aromatic carbocycles. The number of aliphatic imine (C=N–C) groups is 1. The quantitative estimate of drug-likeness (QED) is 0.298. The number of amidine groups is 1. The normalized spacial score (nSPS) is 23.6. The van der Waals surface area contributed by atoms with E-state index in [0.29, 0.717) is 44.7 Å². The minimum absolute atomic E-state index is 0.00409. The number of fused-ring (bicyclic) bond motifs is 1. The first-order valence-corrected chi connectivity index (χ1v) is 17.0. The van der Waals surface area contributed by atoms with Crippen LogP contribution in [0.1, 0.15) is 56.9 Å². The number of sulfonamides is 1. The molecule has 5 rings (SSSR count). The van der Waals surface area contributed by atoms with Gasteiger partial charge >= 0.3 is 6.18 Å². The van der Waals surface area contributed by atoms with Gasteiger partial charge in [0, 0.05) is 54.5 Å². The zero-order valence-corrected chi connectivity index (χ0v) is 25.9. The van der Waals surface area contributed by atoms with Crippen molar-refractivity contribution in [2.75, 3.05) is 32.9 Å². The molecule has 1 aliphatic carbocycles. The first kappa shape index (κ1) is 33.6. The maximum atomic E-state index is 13.3. The Morgan fingerprint density at radius 3 is 2.58 bits per heavy atom. The maximum Gasteiger partial charge on any atom is 0.389 e. The van der Waals surface area contributed by atoms with Gasteiger partial charge < -0.3 is 24.8 Å². The summed E-state index contributed by atoms with van der Waals surface area (Å²) in [5.74, 6) is 0.404. The molecule has 1 amide bonds. The minimum Gasteiger partial charge on any atom is -0.394 e. The predicted octanol–water partition coefficient (Wildman–Crippen LogP) is 3.82. The molecule has 2 aromatic rings. The van der Waals surface area contributed by atoms with E-state index in [1.807, 2.05) is 35.0 Å². The third kappa shape index (κ3) is 8.15. The van der Waals surface area contributed by atoms with Crippen LogP contribution in [0.2, 0.25) is 0 Å². The Kier molecular flexibility index (Phi) is 10.4. The molecule has 2 fully saturated rings. The molecule has 3 aliphatic rings. The standard InChI is InChI=1S/C31H41F3N4O6S/c32-31(33,34)11-8-22-4-6-24(7-5-22)28-35-29(41)30(36-28)12-15-38(16-13-30)45(42,43)19-10-23-2-1-3-27-26(23)9-14-37(27)17-18-44-21-25(40)20-39/h1-3,9-10,14,19,22,24-25,39-40H,4-8,11-13,15-18,20-21H2,(H,35,36,41). The number of carbonyl (C=O) groups excluding carboxylic acids is 1. The average Bonchev–Trinajstić information content (AvgIpc) is 3.58. The highest BCUT2D eigenvalue weighted by molar-refractivity contribution is 7.92. The number of carbonyl (C=O) groups is 1. The molecule has 10 nitrogen and oxygen atoms in total. The van der Waals surface area contributed by atoms with Crippen LogP contribution >= 0.6 is 0 Å². The number of nitrogens with zero attached hydrogens (tertiary/aromatic N) is 3. The van der Waals surface area contributed by atoms with Crippen LogP contribution in [0.15, 0.2) is 40.9 Å². The Bertz CT molecular complexity index is 1510. The molecular weight excluding hydrogens is 613 g/mol. The van der Waals surface area contributed by atoms with E-state index in [9.17, 15) is 31.5 Å². The maximum absolute atomic E-state index is 13.3. The number of rotatable bonds is 12. The van der Waals surface area contributed by atoms with Crippen LogP contribution in [0.25, 0.3) is 17.0 Å². The van der Waals surface area contributed by atoms with E-state index in [1.165, 1.54) is 9.71 Å². The highest BCUT2D eigenvalue weighted by Crippen LogP contribution is 2.38. The van der Waals surface area contributed by atoms with E-state index in [0.717, 1.165) is 16.5 Å². The summed E-state index contributed by atoms with van der Waals surface area (Å²) in [5.41, 5.74) is 0.626. The number of halogens is 3. The Hall–Kier alpha value is -2.78. The third-order valence-corrected chi connectivity index (χ3v) is 10.8. The van der Waals surface area contributed by atoms with Crippen molar-refractivity contribution in [3.05, 3.63) is 41.4 Å². The van der Waals surface area contributed by atoms with E-state index in [4.69, 9.17) is 14.8 Å². The van der Waals surface area contributed by atoms with Crippen molar-refractivity contribution in [3.63, 3.8) is 0 Å². The lowest BCUT2D eigenvalue weighted by Crippen LogP contribution is -2.50. The second kappa shape index (κ2) is 13.9. The van der Waals surface area contributed by atoms with E-state index >= 15 is 0 Å². The number of nitrogens with one attached hydrogen (secondary N) is 1. The number of hydrogen-bond donors (Lipinski definition) is 3. The first-order valence-electron chi connectivity index (χ1n) is 15.5. The van der Waals surface area contributed by atoms with E-state index in [-0.39, 0.29) is 63.3 Å². The Morgan fingerprint density at radius 2 is 1.89 bits per heavy atom. The molecule has 1 spiro atoms. The fraction of sp³-hybridized carbons (Fsp3) is 0.613. The highest BCUT2D eigenvalue weighted by Gasteiger charge is 2.48. The second-order valence-electron chi connectivity index (χ2n) is 12.3. The van der Waals surface area contributed by atoms with E-state index < -0.39 is 34.3 Å². The summed E-state index contributed by atoms with van der Waals surface area (Å²) in [6.07, 6.45) is 0.978. The molecule has 14 heteroatoms. The van der Waals surface area contributed by atoms with Crippen molar-refractivity contribution in [1.82, 2.24) is 14.2 Å². The molecule has 1 aromatic heterocycles. The average molecular weight is 655 g/mol. The second-order valence-corrected chi connectivity index (χ2v) is 14.1. The number of benzene rings is 1. The molecule has 2 aliphatic heterocycles. The highest BCUT2D eigenvalue weighted by atomic mass is 32.2. The monoisotopic (exact) mass is 654 g/mol. The van der Waals surface area contributed by atoms with E-state index in [2.05, 4.69) is 5.32 Å². The van der Waals surface area contributed by atoms with Gasteiger partial charge in [0.1, 0.15) is 17.5 Å². The zero-order chi connectivity index (χ0) is 32.2. The van der Waals surface area contributed by atoms with Gasteiger partial charge in [0.05, 0.1) is 19.8 Å². The lowest BCUT2D eigenvalue weighted by Gasteiger charge is -2.34. The lowest BCUT2D eigenvalue weighted by molar-refractivity contribution is -0.138. The number of amides is 1. The Labute approximate surface area is 261 Å². The molecule has 1 saturated heterocycles. The van der Waals surface area contributed by atoms with Gasteiger partial charge in [0.25, 0.3) is 5.91 Å². The number of aliphatic hydroxyl groups excluding tert-OH is 2. The Balaban J connectivity index is 1.16. The van der Waals surface area contributed by atoms with Gasteiger partial charge in [-0.1, -0.05) is 12.1 Å². The fourth-order valence-electron chi connectivity index (χ4n) is 6.55. The number of ether oxygens (including phenoxy) is 1. The Morgan fingerprint density at radius 1 is 1.16 bits per heavy atom. The first-order chi connectivity index (χ1) is 21.4. The SMILES string of the molecule is O=C1NC(C2CCC(CCC(F)(F)F)CC2)=NC12CCN(S(=O)(=O)C=Cc1cccc3c1ccn3CCOCC(O)CO)CC2. The molecule has 1 unspecified atom stereocenters. The number of aliphatic hydroxyl groups is 2. The van der Waals surface area contributed by atoms with Crippen molar-refractivity contribution in [3.8, 4) is 0 Å². The van der Waals surface area contributed by atoms with E-state index in [1.54, 1.807) is 6.08 Å². The van der Waals surface area contributed by atoms with Crippen LogP contribution in [0.3, 0.4) is 0 Å².